The number of aryl methyl sites for hydroxylation is 1. The number of hydrogen-bond acceptors (Lipinski definition) is 4. The average Bonchev–Trinajstić information content (AvgIpc) is 2.73. The fraction of sp³-hybridized carbons (Fsp3) is 0.786. The Bertz CT molecular complexity index is 776. The van der Waals surface area contributed by atoms with Gasteiger partial charge in [-0.1, -0.05) is 72.6 Å². The predicted molar refractivity (Wildman–Crippen MR) is 136 cm³/mol. The van der Waals surface area contributed by atoms with Crippen molar-refractivity contribution in [1.29, 1.82) is 0 Å². The SMILES string of the molecule is COc1cc2c(c(C)c1[N+](=O)[O-])O[C@](C)(CCCC(C)CCCC(C)CCCC(C)C)CC2. The highest BCUT2D eigenvalue weighted by atomic mass is 16.6. The summed E-state index contributed by atoms with van der Waals surface area (Å²) in [5, 5.41) is 11.6. The van der Waals surface area contributed by atoms with Crippen LogP contribution in [-0.2, 0) is 6.42 Å². The predicted octanol–water partition coefficient (Wildman–Crippen LogP) is 8.43. The molecule has 0 amide bonds. The highest BCUT2D eigenvalue weighted by Crippen LogP contribution is 2.45. The monoisotopic (exact) mass is 461 g/mol. The van der Waals surface area contributed by atoms with Crippen LogP contribution in [0.2, 0.25) is 0 Å². The molecule has 2 rings (SSSR count). The van der Waals surface area contributed by atoms with Gasteiger partial charge in [0.2, 0.25) is 0 Å². The quantitative estimate of drug-likeness (QED) is 0.206. The van der Waals surface area contributed by atoms with Crippen molar-refractivity contribution in [3.63, 3.8) is 0 Å². The van der Waals surface area contributed by atoms with E-state index >= 15 is 0 Å². The number of methoxy groups -OCH3 is 1. The van der Waals surface area contributed by atoms with Crippen molar-refractivity contribution in [3.8, 4) is 11.5 Å². The molecule has 1 heterocycles. The number of nitro benzene ring substituents is 1. The molecule has 33 heavy (non-hydrogen) atoms. The van der Waals surface area contributed by atoms with Crippen molar-refractivity contribution in [2.24, 2.45) is 17.8 Å². The summed E-state index contributed by atoms with van der Waals surface area (Å²) in [4.78, 5) is 11.2. The first-order valence-electron chi connectivity index (χ1n) is 13.1. The molecule has 0 aliphatic carbocycles. The average molecular weight is 462 g/mol. The molecule has 0 radical (unpaired) electrons. The van der Waals surface area contributed by atoms with Gasteiger partial charge in [0.25, 0.3) is 0 Å². The van der Waals surface area contributed by atoms with Crippen LogP contribution in [0.5, 0.6) is 11.5 Å². The molecule has 188 valence electrons. The lowest BCUT2D eigenvalue weighted by atomic mass is 9.85. The van der Waals surface area contributed by atoms with Gasteiger partial charge in [-0.25, -0.2) is 0 Å². The summed E-state index contributed by atoms with van der Waals surface area (Å²) in [6, 6.07) is 1.78. The normalized spacial score (nSPS) is 19.6. The number of nitro groups is 1. The molecule has 1 aromatic rings. The Morgan fingerprint density at radius 3 is 2.18 bits per heavy atom. The van der Waals surface area contributed by atoms with Crippen molar-refractivity contribution in [3.05, 3.63) is 27.3 Å². The lowest BCUT2D eigenvalue weighted by Gasteiger charge is -2.37. The van der Waals surface area contributed by atoms with Crippen molar-refractivity contribution in [1.82, 2.24) is 0 Å². The Morgan fingerprint density at radius 2 is 1.64 bits per heavy atom. The zero-order chi connectivity index (χ0) is 24.6. The maximum Gasteiger partial charge on any atom is 0.317 e. The van der Waals surface area contributed by atoms with Gasteiger partial charge in [-0.05, 0) is 68.9 Å². The third-order valence-electron chi connectivity index (χ3n) is 7.48. The third kappa shape index (κ3) is 8.19. The van der Waals surface area contributed by atoms with E-state index in [1.165, 1.54) is 52.1 Å². The number of benzene rings is 1. The van der Waals surface area contributed by atoms with Gasteiger partial charge in [0.1, 0.15) is 11.4 Å². The first-order chi connectivity index (χ1) is 15.6. The van der Waals surface area contributed by atoms with Crippen LogP contribution in [0, 0.1) is 34.8 Å². The second kappa shape index (κ2) is 12.6. The maximum absolute atomic E-state index is 11.6. The topological polar surface area (TPSA) is 61.6 Å². The molecule has 0 spiro atoms. The minimum atomic E-state index is -0.364. The van der Waals surface area contributed by atoms with Crippen molar-refractivity contribution >= 4 is 5.69 Å². The van der Waals surface area contributed by atoms with E-state index in [2.05, 4.69) is 34.6 Å². The minimum Gasteiger partial charge on any atom is -0.490 e. The Labute approximate surface area is 201 Å². The fourth-order valence-corrected chi connectivity index (χ4v) is 5.21. The zero-order valence-electron chi connectivity index (χ0n) is 22.2. The van der Waals surface area contributed by atoms with Gasteiger partial charge in [0, 0.05) is 0 Å². The van der Waals surface area contributed by atoms with Gasteiger partial charge in [-0.3, -0.25) is 10.1 Å². The van der Waals surface area contributed by atoms with Crippen LogP contribution < -0.4 is 9.47 Å². The second-order valence-corrected chi connectivity index (χ2v) is 11.2. The fourth-order valence-electron chi connectivity index (χ4n) is 5.21. The van der Waals surface area contributed by atoms with Crippen molar-refractivity contribution < 1.29 is 14.4 Å². The zero-order valence-corrected chi connectivity index (χ0v) is 22.2. The highest BCUT2D eigenvalue weighted by molar-refractivity contribution is 5.62. The van der Waals surface area contributed by atoms with Gasteiger partial charge < -0.3 is 9.47 Å². The van der Waals surface area contributed by atoms with Crippen LogP contribution in [-0.4, -0.2) is 17.6 Å². The van der Waals surface area contributed by atoms with Gasteiger partial charge in [0.15, 0.2) is 5.75 Å². The molecule has 5 nitrogen and oxygen atoms in total. The molecule has 1 aliphatic rings. The molecule has 0 saturated carbocycles. The van der Waals surface area contributed by atoms with E-state index in [-0.39, 0.29) is 16.2 Å². The van der Waals surface area contributed by atoms with Crippen molar-refractivity contribution in [2.45, 2.75) is 118 Å². The Kier molecular flexibility index (Phi) is 10.5. The van der Waals surface area contributed by atoms with E-state index in [0.29, 0.717) is 17.1 Å². The van der Waals surface area contributed by atoms with Crippen LogP contribution in [0.1, 0.15) is 110 Å². The first-order valence-corrected chi connectivity index (χ1v) is 13.1. The smallest absolute Gasteiger partial charge is 0.317 e. The van der Waals surface area contributed by atoms with E-state index in [1.54, 1.807) is 13.0 Å². The van der Waals surface area contributed by atoms with Gasteiger partial charge >= 0.3 is 5.69 Å². The summed E-state index contributed by atoms with van der Waals surface area (Å²) in [6.07, 6.45) is 13.2. The minimum absolute atomic E-state index is 0.0209. The lowest BCUT2D eigenvalue weighted by molar-refractivity contribution is -0.386. The van der Waals surface area contributed by atoms with E-state index in [0.717, 1.165) is 49.0 Å². The van der Waals surface area contributed by atoms with Crippen LogP contribution in [0.15, 0.2) is 6.07 Å². The number of fused-ring (bicyclic) bond motifs is 1. The summed E-state index contributed by atoms with van der Waals surface area (Å²) >= 11 is 0. The molecule has 2 unspecified atom stereocenters. The molecular formula is C28H47NO4. The van der Waals surface area contributed by atoms with E-state index < -0.39 is 0 Å². The molecule has 0 fully saturated rings. The van der Waals surface area contributed by atoms with E-state index in [9.17, 15) is 10.1 Å². The summed E-state index contributed by atoms with van der Waals surface area (Å²) < 4.78 is 11.7. The molecule has 3 atom stereocenters. The Morgan fingerprint density at radius 1 is 1.06 bits per heavy atom. The standard InChI is InChI=1S/C28H47NO4/c1-20(2)11-8-12-21(3)13-9-14-22(4)15-10-17-28(6)18-16-24-19-25(32-7)26(29(30)31)23(5)27(24)33-28/h19-22H,8-18H2,1-7H3/t21?,22?,28-/m1/s1. The molecule has 0 bridgehead atoms. The summed E-state index contributed by atoms with van der Waals surface area (Å²) in [6.45, 7) is 13.3. The lowest BCUT2D eigenvalue weighted by Crippen LogP contribution is -2.36. The summed E-state index contributed by atoms with van der Waals surface area (Å²) in [7, 11) is 1.48. The molecular weight excluding hydrogens is 414 g/mol. The van der Waals surface area contributed by atoms with Crippen molar-refractivity contribution in [2.75, 3.05) is 7.11 Å². The number of nitrogens with zero attached hydrogens (tertiary/aromatic N) is 1. The first kappa shape index (κ1) is 27.5. The summed E-state index contributed by atoms with van der Waals surface area (Å²) in [5.74, 6) is 3.42. The van der Waals surface area contributed by atoms with Crippen LogP contribution in [0.3, 0.4) is 0 Å². The number of ether oxygens (including phenoxy) is 2. The molecule has 0 saturated heterocycles. The molecule has 1 aromatic carbocycles. The number of rotatable bonds is 14. The maximum atomic E-state index is 11.6. The Balaban J connectivity index is 1.80. The molecule has 0 aromatic heterocycles. The van der Waals surface area contributed by atoms with Gasteiger partial charge in [0.05, 0.1) is 17.6 Å². The molecule has 1 aliphatic heterocycles. The molecule has 5 heteroatoms. The van der Waals surface area contributed by atoms with Crippen LogP contribution in [0.25, 0.3) is 0 Å². The number of hydrogen-bond donors (Lipinski definition) is 0. The largest absolute Gasteiger partial charge is 0.490 e. The summed E-state index contributed by atoms with van der Waals surface area (Å²) in [5.41, 5.74) is 1.36. The molecule has 0 N–H and O–H groups in total. The highest BCUT2D eigenvalue weighted by Gasteiger charge is 2.35. The van der Waals surface area contributed by atoms with E-state index in [1.807, 2.05) is 0 Å². The van der Waals surface area contributed by atoms with Gasteiger partial charge in [-0.15, -0.1) is 0 Å². The third-order valence-corrected chi connectivity index (χ3v) is 7.48. The van der Waals surface area contributed by atoms with E-state index in [4.69, 9.17) is 9.47 Å². The Hall–Kier alpha value is -1.78. The second-order valence-electron chi connectivity index (χ2n) is 11.2. The van der Waals surface area contributed by atoms with Crippen LogP contribution in [0.4, 0.5) is 5.69 Å². The van der Waals surface area contributed by atoms with Crippen LogP contribution >= 0.6 is 0 Å². The van der Waals surface area contributed by atoms with Gasteiger partial charge in [-0.2, -0.15) is 0 Å².